The van der Waals surface area contributed by atoms with E-state index in [1.165, 1.54) is 49.2 Å². The van der Waals surface area contributed by atoms with Gasteiger partial charge in [0.05, 0.1) is 7.11 Å². The SMILES string of the molecule is COc1ccc(C(C2C(=O)N=C(SC)N(C)C2=O)C2C(=O)N=C(SC)N(C)C2=O)cc1O. The van der Waals surface area contributed by atoms with Gasteiger partial charge in [-0.05, 0) is 30.2 Å². The Hall–Kier alpha value is -2.86. The van der Waals surface area contributed by atoms with Gasteiger partial charge in [-0.1, -0.05) is 29.6 Å². The highest BCUT2D eigenvalue weighted by Gasteiger charge is 2.51. The van der Waals surface area contributed by atoms with Gasteiger partial charge in [0, 0.05) is 20.0 Å². The number of hydrogen-bond acceptors (Lipinski definition) is 8. The second-order valence-corrected chi connectivity index (χ2v) is 8.63. The Bertz CT molecular complexity index is 1000. The Kier molecular flexibility index (Phi) is 6.94. The van der Waals surface area contributed by atoms with E-state index in [1.807, 2.05) is 0 Å². The minimum atomic E-state index is -1.44. The number of aromatic hydroxyl groups is 1. The van der Waals surface area contributed by atoms with Crippen LogP contribution in [-0.2, 0) is 19.2 Å². The van der Waals surface area contributed by atoms with Crippen molar-refractivity contribution >= 4 is 57.5 Å². The van der Waals surface area contributed by atoms with Gasteiger partial charge in [-0.2, -0.15) is 9.98 Å². The minimum Gasteiger partial charge on any atom is -0.504 e. The van der Waals surface area contributed by atoms with Crippen LogP contribution in [0.2, 0.25) is 0 Å². The maximum absolute atomic E-state index is 13.2. The fraction of sp³-hybridized carbons (Fsp3) is 0.400. The van der Waals surface area contributed by atoms with E-state index in [4.69, 9.17) is 4.74 Å². The van der Waals surface area contributed by atoms with Crippen LogP contribution in [0.4, 0.5) is 0 Å². The maximum Gasteiger partial charge on any atom is 0.261 e. The first-order chi connectivity index (χ1) is 15.2. The predicted molar refractivity (Wildman–Crippen MR) is 122 cm³/mol. The number of benzene rings is 1. The predicted octanol–water partition coefficient (Wildman–Crippen LogP) is 1.15. The van der Waals surface area contributed by atoms with Crippen LogP contribution in [0.3, 0.4) is 0 Å². The zero-order chi connectivity index (χ0) is 23.7. The van der Waals surface area contributed by atoms with Gasteiger partial charge in [-0.15, -0.1) is 0 Å². The molecule has 12 heteroatoms. The van der Waals surface area contributed by atoms with Crippen molar-refractivity contribution in [2.75, 3.05) is 33.7 Å². The highest BCUT2D eigenvalue weighted by molar-refractivity contribution is 8.13. The third-order valence-electron chi connectivity index (χ3n) is 5.38. The topological polar surface area (TPSA) is 129 Å². The first-order valence-electron chi connectivity index (χ1n) is 9.41. The Morgan fingerprint density at radius 2 is 1.41 bits per heavy atom. The molecular formula is C20H22N4O6S2. The van der Waals surface area contributed by atoms with Crippen LogP contribution in [0, 0.1) is 11.8 Å². The Morgan fingerprint density at radius 3 is 1.78 bits per heavy atom. The van der Waals surface area contributed by atoms with E-state index in [-0.39, 0.29) is 27.4 Å². The molecule has 1 N–H and O–H groups in total. The summed E-state index contributed by atoms with van der Waals surface area (Å²) in [5, 5.41) is 10.8. The van der Waals surface area contributed by atoms with Crippen LogP contribution in [0.15, 0.2) is 28.2 Å². The number of phenolic OH excluding ortho intramolecular Hbond substituents is 1. The molecule has 3 rings (SSSR count). The molecule has 2 unspecified atom stereocenters. The molecule has 32 heavy (non-hydrogen) atoms. The molecule has 0 fully saturated rings. The summed E-state index contributed by atoms with van der Waals surface area (Å²) in [4.78, 5) is 62.9. The van der Waals surface area contributed by atoms with Crippen molar-refractivity contribution in [2.45, 2.75) is 5.92 Å². The number of carbonyl (C=O) groups excluding carboxylic acids is 4. The van der Waals surface area contributed by atoms with Gasteiger partial charge in [0.25, 0.3) is 11.8 Å². The average Bonchev–Trinajstić information content (AvgIpc) is 2.77. The lowest BCUT2D eigenvalue weighted by molar-refractivity contribution is -0.144. The van der Waals surface area contributed by atoms with Crippen molar-refractivity contribution in [3.05, 3.63) is 23.8 Å². The molecule has 0 bridgehead atoms. The molecule has 2 aliphatic rings. The smallest absolute Gasteiger partial charge is 0.261 e. The third kappa shape index (κ3) is 3.99. The van der Waals surface area contributed by atoms with Gasteiger partial charge < -0.3 is 9.84 Å². The van der Waals surface area contributed by atoms with Gasteiger partial charge in [0.2, 0.25) is 11.8 Å². The van der Waals surface area contributed by atoms with Gasteiger partial charge in [-0.3, -0.25) is 29.0 Å². The number of methoxy groups -OCH3 is 1. The lowest BCUT2D eigenvalue weighted by atomic mass is 9.74. The van der Waals surface area contributed by atoms with Crippen molar-refractivity contribution < 1.29 is 29.0 Å². The normalized spacial score (nSPS) is 22.7. The zero-order valence-corrected chi connectivity index (χ0v) is 19.7. The highest BCUT2D eigenvalue weighted by Crippen LogP contribution is 2.42. The maximum atomic E-state index is 13.2. The summed E-state index contributed by atoms with van der Waals surface area (Å²) >= 11 is 2.26. The highest BCUT2D eigenvalue weighted by atomic mass is 32.2. The fourth-order valence-electron chi connectivity index (χ4n) is 3.77. The molecule has 0 saturated heterocycles. The Labute approximate surface area is 193 Å². The van der Waals surface area contributed by atoms with Gasteiger partial charge in [0.1, 0.15) is 11.8 Å². The molecule has 0 aliphatic carbocycles. The van der Waals surface area contributed by atoms with Crippen molar-refractivity contribution in [3.8, 4) is 11.5 Å². The van der Waals surface area contributed by atoms with E-state index in [2.05, 4.69) is 9.98 Å². The molecule has 4 amide bonds. The summed E-state index contributed by atoms with van der Waals surface area (Å²) in [6.45, 7) is 0. The summed E-state index contributed by atoms with van der Waals surface area (Å²) in [5.41, 5.74) is 0.245. The fourth-order valence-corrected chi connectivity index (χ4v) is 4.86. The number of amidine groups is 2. The van der Waals surface area contributed by atoms with Gasteiger partial charge in [0.15, 0.2) is 21.8 Å². The largest absolute Gasteiger partial charge is 0.504 e. The Morgan fingerprint density at radius 1 is 0.938 bits per heavy atom. The van der Waals surface area contributed by atoms with Gasteiger partial charge >= 0.3 is 0 Å². The third-order valence-corrected chi connectivity index (χ3v) is 6.84. The minimum absolute atomic E-state index is 0.162. The lowest BCUT2D eigenvalue weighted by Gasteiger charge is -2.37. The number of aliphatic imine (C=N–C) groups is 2. The van der Waals surface area contributed by atoms with Crippen molar-refractivity contribution in [3.63, 3.8) is 0 Å². The molecule has 2 heterocycles. The van der Waals surface area contributed by atoms with Crippen LogP contribution in [-0.4, -0.2) is 82.6 Å². The number of phenols is 1. The molecule has 10 nitrogen and oxygen atoms in total. The second-order valence-electron chi connectivity index (χ2n) is 7.08. The number of nitrogens with zero attached hydrogens (tertiary/aromatic N) is 4. The molecular weight excluding hydrogens is 456 g/mol. The zero-order valence-electron chi connectivity index (χ0n) is 18.1. The Balaban J connectivity index is 2.21. The average molecular weight is 479 g/mol. The molecule has 1 aromatic carbocycles. The van der Waals surface area contributed by atoms with E-state index in [1.54, 1.807) is 12.5 Å². The molecule has 2 atom stereocenters. The van der Waals surface area contributed by atoms with Crippen molar-refractivity contribution in [2.24, 2.45) is 21.8 Å². The number of hydrogen-bond donors (Lipinski definition) is 1. The molecule has 170 valence electrons. The summed E-state index contributed by atoms with van der Waals surface area (Å²) in [6, 6.07) is 4.23. The number of ether oxygens (including phenoxy) is 1. The second kappa shape index (κ2) is 9.33. The number of thioether (sulfide) groups is 2. The molecule has 0 saturated carbocycles. The van der Waals surface area contributed by atoms with E-state index in [0.29, 0.717) is 0 Å². The standard InChI is InChI=1S/C20H22N4O6S2/c1-23-17(28)13(15(26)21-19(23)31-4)12(9-6-7-11(30-3)10(25)8-9)14-16(27)22-20(32-5)24(2)18(14)29/h6-8,12-14,25H,1-5H3. The van der Waals surface area contributed by atoms with Crippen molar-refractivity contribution in [1.82, 2.24) is 9.80 Å². The number of carbonyl (C=O) groups is 4. The van der Waals surface area contributed by atoms with E-state index in [9.17, 15) is 24.3 Å². The van der Waals surface area contributed by atoms with Crippen LogP contribution in [0.5, 0.6) is 11.5 Å². The quantitative estimate of drug-likeness (QED) is 0.638. The van der Waals surface area contributed by atoms with E-state index in [0.717, 1.165) is 23.5 Å². The van der Waals surface area contributed by atoms with E-state index >= 15 is 0 Å². The molecule has 2 aliphatic heterocycles. The lowest BCUT2D eigenvalue weighted by Crippen LogP contribution is -2.53. The molecule has 0 spiro atoms. The molecule has 0 radical (unpaired) electrons. The molecule has 1 aromatic rings. The van der Waals surface area contributed by atoms with Gasteiger partial charge in [-0.25, -0.2) is 0 Å². The molecule has 0 aromatic heterocycles. The van der Waals surface area contributed by atoms with Crippen LogP contribution in [0.25, 0.3) is 0 Å². The van der Waals surface area contributed by atoms with Crippen LogP contribution < -0.4 is 4.74 Å². The van der Waals surface area contributed by atoms with Crippen molar-refractivity contribution in [1.29, 1.82) is 0 Å². The first kappa shape index (κ1) is 23.8. The monoisotopic (exact) mass is 478 g/mol. The summed E-state index contributed by atoms with van der Waals surface area (Å²) < 4.78 is 5.06. The summed E-state index contributed by atoms with van der Waals surface area (Å²) in [6.07, 6.45) is 3.36. The first-order valence-corrected chi connectivity index (χ1v) is 11.9. The van der Waals surface area contributed by atoms with Crippen LogP contribution >= 0.6 is 23.5 Å². The van der Waals surface area contributed by atoms with E-state index < -0.39 is 41.4 Å². The summed E-state index contributed by atoms with van der Waals surface area (Å²) in [7, 11) is 4.32. The number of amides is 4. The number of rotatable bonds is 4. The van der Waals surface area contributed by atoms with Crippen LogP contribution in [0.1, 0.15) is 11.5 Å². The summed E-state index contributed by atoms with van der Waals surface area (Å²) in [5.74, 6) is -6.94.